The molecule has 1 unspecified atom stereocenters. The lowest BCUT2D eigenvalue weighted by atomic mass is 10.2. The van der Waals surface area contributed by atoms with Crippen LogP contribution < -0.4 is 10.2 Å². The number of hydrogen-bond donors (Lipinski definition) is 1. The molecule has 0 bridgehead atoms. The van der Waals surface area contributed by atoms with Gasteiger partial charge in [0.25, 0.3) is 0 Å². The van der Waals surface area contributed by atoms with Crippen LogP contribution in [0.2, 0.25) is 0 Å². The molecule has 1 aliphatic heterocycles. The van der Waals surface area contributed by atoms with Gasteiger partial charge in [-0.2, -0.15) is 0 Å². The van der Waals surface area contributed by atoms with Gasteiger partial charge < -0.3 is 15.1 Å². The van der Waals surface area contributed by atoms with E-state index in [0.717, 1.165) is 32.2 Å². The van der Waals surface area contributed by atoms with E-state index < -0.39 is 0 Å². The van der Waals surface area contributed by atoms with E-state index in [9.17, 15) is 0 Å². The molecule has 0 radical (unpaired) electrons. The van der Waals surface area contributed by atoms with Crippen LogP contribution in [0.15, 0.2) is 6.20 Å². The second-order valence-corrected chi connectivity index (χ2v) is 6.63. The van der Waals surface area contributed by atoms with Gasteiger partial charge in [-0.3, -0.25) is 0 Å². The molecule has 1 aliphatic carbocycles. The number of anilines is 1. The van der Waals surface area contributed by atoms with Gasteiger partial charge in [0.05, 0.1) is 0 Å². The SMILES string of the molecule is CC1CN(c2ncc(CNC3CC3)s2)CCN1C. The first-order chi connectivity index (χ1) is 8.72. The zero-order chi connectivity index (χ0) is 12.5. The molecule has 1 saturated heterocycles. The first-order valence-electron chi connectivity index (χ1n) is 6.85. The molecule has 2 heterocycles. The number of nitrogens with zero attached hydrogens (tertiary/aromatic N) is 3. The van der Waals surface area contributed by atoms with Crippen molar-refractivity contribution in [3.05, 3.63) is 11.1 Å². The van der Waals surface area contributed by atoms with Gasteiger partial charge in [0.2, 0.25) is 0 Å². The second kappa shape index (κ2) is 5.15. The van der Waals surface area contributed by atoms with Crippen molar-refractivity contribution in [3.63, 3.8) is 0 Å². The lowest BCUT2D eigenvalue weighted by Crippen LogP contribution is -2.50. The van der Waals surface area contributed by atoms with Crippen LogP contribution in [-0.4, -0.2) is 48.6 Å². The number of nitrogens with one attached hydrogen (secondary N) is 1. The predicted molar refractivity (Wildman–Crippen MR) is 76.3 cm³/mol. The summed E-state index contributed by atoms with van der Waals surface area (Å²) in [6.45, 7) is 6.61. The van der Waals surface area contributed by atoms with Crippen molar-refractivity contribution < 1.29 is 0 Å². The Morgan fingerprint density at radius 3 is 3.00 bits per heavy atom. The van der Waals surface area contributed by atoms with Crippen LogP contribution in [0.3, 0.4) is 0 Å². The lowest BCUT2D eigenvalue weighted by Gasteiger charge is -2.37. The number of rotatable bonds is 4. The normalized spacial score (nSPS) is 25.7. The molecule has 2 fully saturated rings. The molecule has 1 N–H and O–H groups in total. The molecule has 1 aromatic rings. The largest absolute Gasteiger partial charge is 0.345 e. The minimum Gasteiger partial charge on any atom is -0.345 e. The average molecular weight is 266 g/mol. The number of likely N-dealkylation sites (N-methyl/N-ethyl adjacent to an activating group) is 1. The molecule has 100 valence electrons. The summed E-state index contributed by atoms with van der Waals surface area (Å²) in [5, 5.41) is 4.75. The van der Waals surface area contributed by atoms with Crippen molar-refractivity contribution in [2.45, 2.75) is 38.4 Å². The van der Waals surface area contributed by atoms with E-state index in [2.05, 4.69) is 34.1 Å². The summed E-state index contributed by atoms with van der Waals surface area (Å²) < 4.78 is 0. The molecule has 1 aromatic heterocycles. The van der Waals surface area contributed by atoms with Crippen LogP contribution >= 0.6 is 11.3 Å². The molecule has 2 aliphatic rings. The van der Waals surface area contributed by atoms with Gasteiger partial charge in [-0.25, -0.2) is 4.98 Å². The molecule has 18 heavy (non-hydrogen) atoms. The maximum Gasteiger partial charge on any atom is 0.185 e. The topological polar surface area (TPSA) is 31.4 Å². The maximum absolute atomic E-state index is 4.58. The summed E-state index contributed by atoms with van der Waals surface area (Å²) in [7, 11) is 2.20. The summed E-state index contributed by atoms with van der Waals surface area (Å²) in [5.74, 6) is 0. The van der Waals surface area contributed by atoms with E-state index in [1.807, 2.05) is 17.5 Å². The summed E-state index contributed by atoms with van der Waals surface area (Å²) >= 11 is 1.85. The quantitative estimate of drug-likeness (QED) is 0.896. The third-order valence-electron chi connectivity index (χ3n) is 3.91. The van der Waals surface area contributed by atoms with Crippen LogP contribution in [0.1, 0.15) is 24.6 Å². The van der Waals surface area contributed by atoms with Gasteiger partial charge in [0.15, 0.2) is 5.13 Å². The van der Waals surface area contributed by atoms with Gasteiger partial charge in [-0.15, -0.1) is 11.3 Å². The highest BCUT2D eigenvalue weighted by Gasteiger charge is 2.23. The number of aromatic nitrogens is 1. The standard InChI is InChI=1S/C13H22N4S/c1-10-9-17(6-5-16(10)2)13-15-8-12(18-13)7-14-11-3-4-11/h8,10-11,14H,3-7,9H2,1-2H3. The highest BCUT2D eigenvalue weighted by atomic mass is 32.1. The van der Waals surface area contributed by atoms with E-state index in [0.29, 0.717) is 6.04 Å². The van der Waals surface area contributed by atoms with Crippen molar-refractivity contribution in [2.75, 3.05) is 31.6 Å². The van der Waals surface area contributed by atoms with E-state index in [1.165, 1.54) is 22.9 Å². The minimum absolute atomic E-state index is 0.621. The maximum atomic E-state index is 4.58. The Balaban J connectivity index is 1.58. The summed E-state index contributed by atoms with van der Waals surface area (Å²) in [6.07, 6.45) is 4.74. The van der Waals surface area contributed by atoms with Gasteiger partial charge in [-0.1, -0.05) is 0 Å². The predicted octanol–water partition coefficient (Wildman–Crippen LogP) is 1.54. The molecule has 1 atom stereocenters. The lowest BCUT2D eigenvalue weighted by molar-refractivity contribution is 0.234. The minimum atomic E-state index is 0.621. The summed E-state index contributed by atoms with van der Waals surface area (Å²) in [4.78, 5) is 10.8. The zero-order valence-electron chi connectivity index (χ0n) is 11.2. The molecule has 1 saturated carbocycles. The van der Waals surface area contributed by atoms with Crippen molar-refractivity contribution in [1.29, 1.82) is 0 Å². The van der Waals surface area contributed by atoms with E-state index >= 15 is 0 Å². The highest BCUT2D eigenvalue weighted by Crippen LogP contribution is 2.26. The molecule has 5 heteroatoms. The highest BCUT2D eigenvalue weighted by molar-refractivity contribution is 7.15. The monoisotopic (exact) mass is 266 g/mol. The van der Waals surface area contributed by atoms with Gasteiger partial charge in [0.1, 0.15) is 0 Å². The fraction of sp³-hybridized carbons (Fsp3) is 0.769. The van der Waals surface area contributed by atoms with Crippen molar-refractivity contribution in [3.8, 4) is 0 Å². The molecule has 0 aromatic carbocycles. The van der Waals surface area contributed by atoms with Crippen molar-refractivity contribution in [1.82, 2.24) is 15.2 Å². The summed E-state index contributed by atoms with van der Waals surface area (Å²) in [6, 6.07) is 1.40. The molecular weight excluding hydrogens is 244 g/mol. The van der Waals surface area contributed by atoms with Crippen LogP contribution in [0.4, 0.5) is 5.13 Å². The molecule has 4 nitrogen and oxygen atoms in total. The first-order valence-corrected chi connectivity index (χ1v) is 7.67. The Morgan fingerprint density at radius 1 is 1.44 bits per heavy atom. The van der Waals surface area contributed by atoms with Crippen LogP contribution in [0.5, 0.6) is 0 Å². The smallest absolute Gasteiger partial charge is 0.185 e. The third-order valence-corrected chi connectivity index (χ3v) is 4.97. The first kappa shape index (κ1) is 12.4. The van der Waals surface area contributed by atoms with E-state index in [-0.39, 0.29) is 0 Å². The Morgan fingerprint density at radius 2 is 2.28 bits per heavy atom. The second-order valence-electron chi connectivity index (χ2n) is 5.54. The van der Waals surface area contributed by atoms with Crippen LogP contribution in [0.25, 0.3) is 0 Å². The molecule has 3 rings (SSSR count). The van der Waals surface area contributed by atoms with Gasteiger partial charge in [0, 0.05) is 49.3 Å². The third kappa shape index (κ3) is 2.84. The number of piperazine rings is 1. The van der Waals surface area contributed by atoms with Crippen molar-refractivity contribution >= 4 is 16.5 Å². The Hall–Kier alpha value is -0.650. The van der Waals surface area contributed by atoms with Crippen LogP contribution in [-0.2, 0) is 6.54 Å². The van der Waals surface area contributed by atoms with Gasteiger partial charge in [-0.05, 0) is 26.8 Å². The van der Waals surface area contributed by atoms with E-state index in [4.69, 9.17) is 0 Å². The van der Waals surface area contributed by atoms with Crippen molar-refractivity contribution in [2.24, 2.45) is 0 Å². The Bertz CT molecular complexity index is 401. The number of thiazole rings is 1. The zero-order valence-corrected chi connectivity index (χ0v) is 12.0. The fourth-order valence-corrected chi connectivity index (χ4v) is 3.18. The van der Waals surface area contributed by atoms with E-state index in [1.54, 1.807) is 0 Å². The average Bonchev–Trinajstić information content (AvgIpc) is 3.08. The van der Waals surface area contributed by atoms with Crippen LogP contribution in [0, 0.1) is 0 Å². The molecular formula is C13H22N4S. The Kier molecular flexibility index (Phi) is 3.54. The van der Waals surface area contributed by atoms with Gasteiger partial charge >= 0.3 is 0 Å². The summed E-state index contributed by atoms with van der Waals surface area (Å²) in [5.41, 5.74) is 0. The molecule has 0 amide bonds. The Labute approximate surface area is 113 Å². The number of hydrogen-bond acceptors (Lipinski definition) is 5. The molecule has 0 spiro atoms. The fourth-order valence-electron chi connectivity index (χ4n) is 2.28.